The first kappa shape index (κ1) is 37.6. The van der Waals surface area contributed by atoms with Crippen LogP contribution in [0.5, 0.6) is 0 Å². The summed E-state index contributed by atoms with van der Waals surface area (Å²) in [6.45, 7) is 5.56. The van der Waals surface area contributed by atoms with Crippen LogP contribution in [0.25, 0.3) is 0 Å². The topological polar surface area (TPSA) is 77.4 Å². The zero-order valence-corrected chi connectivity index (χ0v) is 30.3. The van der Waals surface area contributed by atoms with E-state index in [0.29, 0.717) is 25.4 Å². The average Bonchev–Trinajstić information content (AvgIpc) is 3.15. The predicted octanol–water partition coefficient (Wildman–Crippen LogP) is 8.76. The monoisotopic (exact) mass is 738 g/mol. The van der Waals surface area contributed by atoms with Crippen LogP contribution in [0, 0.1) is 12.8 Å². The van der Waals surface area contributed by atoms with Crippen molar-refractivity contribution < 1.29 is 29.2 Å². The van der Waals surface area contributed by atoms with E-state index < -0.39 is 30.5 Å². The third kappa shape index (κ3) is 11.2. The Morgan fingerprint density at radius 1 is 0.540 bits per heavy atom. The maximum Gasteiger partial charge on any atom is 0.115 e. The molecule has 5 rings (SSSR count). The summed E-state index contributed by atoms with van der Waals surface area (Å²) in [5, 5.41) is 23.9. The Bertz CT molecular complexity index is 1670. The Balaban J connectivity index is 1.50. The van der Waals surface area contributed by atoms with Crippen LogP contribution in [-0.2, 0) is 45.4 Å². The van der Waals surface area contributed by atoms with E-state index in [9.17, 15) is 10.2 Å². The Kier molecular flexibility index (Phi) is 14.8. The Labute approximate surface area is 304 Å². The molecule has 0 amide bonds. The first-order valence-electron chi connectivity index (χ1n) is 17.1. The van der Waals surface area contributed by atoms with Crippen LogP contribution in [0.3, 0.4) is 0 Å². The molecule has 0 aliphatic carbocycles. The molecular formula is C43H47BrO6. The number of benzene rings is 5. The molecule has 0 aromatic heterocycles. The van der Waals surface area contributed by atoms with Gasteiger partial charge in [-0.1, -0.05) is 150 Å². The van der Waals surface area contributed by atoms with Crippen molar-refractivity contribution in [1.29, 1.82) is 0 Å². The van der Waals surface area contributed by atoms with Crippen LogP contribution in [0.2, 0.25) is 0 Å². The number of aliphatic hydroxyl groups excluding tert-OH is 2. The van der Waals surface area contributed by atoms with Crippen molar-refractivity contribution in [2.24, 2.45) is 5.92 Å². The number of aryl methyl sites for hydroxylation is 1. The Morgan fingerprint density at radius 3 is 1.42 bits per heavy atom. The van der Waals surface area contributed by atoms with E-state index in [2.05, 4.69) is 22.9 Å². The second-order valence-corrected chi connectivity index (χ2v) is 13.6. The van der Waals surface area contributed by atoms with Gasteiger partial charge in [-0.05, 0) is 52.4 Å². The highest BCUT2D eigenvalue weighted by molar-refractivity contribution is 9.10. The average molecular weight is 740 g/mol. The molecule has 5 unspecified atom stereocenters. The number of rotatable bonds is 19. The fraction of sp³-hybridized carbons (Fsp3) is 0.302. The SMILES string of the molecule is Cc1cc(Br)ccc1[C@H](O)C(O)C(OCc1ccccc1)C(OCc1ccccc1)C(OCc1ccccc1)C(C)COCc1ccccc1. The summed E-state index contributed by atoms with van der Waals surface area (Å²) in [4.78, 5) is 0. The number of hydrogen-bond acceptors (Lipinski definition) is 6. The van der Waals surface area contributed by atoms with E-state index in [1.54, 1.807) is 0 Å². The van der Waals surface area contributed by atoms with Crippen molar-refractivity contribution in [2.45, 2.75) is 70.8 Å². The molecule has 0 aliphatic heterocycles. The predicted molar refractivity (Wildman–Crippen MR) is 200 cm³/mol. The highest BCUT2D eigenvalue weighted by atomic mass is 79.9. The molecule has 0 saturated heterocycles. The van der Waals surface area contributed by atoms with Crippen molar-refractivity contribution in [2.75, 3.05) is 6.61 Å². The number of hydrogen-bond donors (Lipinski definition) is 2. The highest BCUT2D eigenvalue weighted by Gasteiger charge is 2.42. The number of aliphatic hydroxyl groups is 2. The molecule has 0 aliphatic rings. The molecule has 5 aromatic carbocycles. The highest BCUT2D eigenvalue weighted by Crippen LogP contribution is 2.32. The molecule has 0 fully saturated rings. The van der Waals surface area contributed by atoms with Gasteiger partial charge in [0.05, 0.1) is 39.1 Å². The fourth-order valence-electron chi connectivity index (χ4n) is 6.01. The van der Waals surface area contributed by atoms with Gasteiger partial charge >= 0.3 is 0 Å². The smallest absolute Gasteiger partial charge is 0.115 e. The second-order valence-electron chi connectivity index (χ2n) is 12.7. The van der Waals surface area contributed by atoms with Crippen LogP contribution >= 0.6 is 15.9 Å². The molecule has 0 saturated carbocycles. The van der Waals surface area contributed by atoms with Crippen molar-refractivity contribution in [3.63, 3.8) is 0 Å². The lowest BCUT2D eigenvalue weighted by Gasteiger charge is -2.39. The summed E-state index contributed by atoms with van der Waals surface area (Å²) in [5.41, 5.74) is 5.43. The summed E-state index contributed by atoms with van der Waals surface area (Å²) in [5.74, 6) is -0.190. The van der Waals surface area contributed by atoms with E-state index >= 15 is 0 Å². The van der Waals surface area contributed by atoms with Crippen LogP contribution < -0.4 is 0 Å². The van der Waals surface area contributed by atoms with Gasteiger partial charge in [0.2, 0.25) is 0 Å². The number of ether oxygens (including phenoxy) is 4. The third-order valence-corrected chi connectivity index (χ3v) is 9.26. The molecule has 5 aromatic rings. The lowest BCUT2D eigenvalue weighted by atomic mass is 9.89. The minimum atomic E-state index is -1.36. The zero-order chi connectivity index (χ0) is 35.1. The molecule has 0 spiro atoms. The van der Waals surface area contributed by atoms with Gasteiger partial charge in [-0.2, -0.15) is 0 Å². The van der Waals surface area contributed by atoms with Crippen molar-refractivity contribution >= 4 is 15.9 Å². The van der Waals surface area contributed by atoms with Crippen molar-refractivity contribution in [3.8, 4) is 0 Å². The van der Waals surface area contributed by atoms with E-state index in [0.717, 1.165) is 32.3 Å². The summed E-state index contributed by atoms with van der Waals surface area (Å²) in [6, 6.07) is 45.3. The van der Waals surface area contributed by atoms with E-state index in [4.69, 9.17) is 18.9 Å². The fourth-order valence-corrected chi connectivity index (χ4v) is 6.49. The van der Waals surface area contributed by atoms with E-state index in [-0.39, 0.29) is 19.1 Å². The molecule has 0 bridgehead atoms. The Hall–Kier alpha value is -3.66. The largest absolute Gasteiger partial charge is 0.387 e. The minimum Gasteiger partial charge on any atom is -0.387 e. The lowest BCUT2D eigenvalue weighted by Crippen LogP contribution is -2.52. The van der Waals surface area contributed by atoms with Gasteiger partial charge in [-0.25, -0.2) is 0 Å². The van der Waals surface area contributed by atoms with E-state index in [1.165, 1.54) is 0 Å². The molecule has 0 radical (unpaired) electrons. The van der Waals surface area contributed by atoms with Crippen LogP contribution in [0.15, 0.2) is 144 Å². The first-order chi connectivity index (χ1) is 24.4. The van der Waals surface area contributed by atoms with Gasteiger partial charge < -0.3 is 29.2 Å². The van der Waals surface area contributed by atoms with E-state index in [1.807, 2.05) is 146 Å². The van der Waals surface area contributed by atoms with Crippen LogP contribution in [0.1, 0.15) is 46.4 Å². The third-order valence-electron chi connectivity index (χ3n) is 8.77. The van der Waals surface area contributed by atoms with Gasteiger partial charge in [0.25, 0.3) is 0 Å². The van der Waals surface area contributed by atoms with Crippen molar-refractivity contribution in [1.82, 2.24) is 0 Å². The van der Waals surface area contributed by atoms with Crippen LogP contribution in [0.4, 0.5) is 0 Å². The summed E-state index contributed by atoms with van der Waals surface area (Å²) < 4.78 is 27.3. The van der Waals surface area contributed by atoms with Gasteiger partial charge in [0.15, 0.2) is 0 Å². The second kappa shape index (κ2) is 19.7. The maximum absolute atomic E-state index is 12.2. The molecular weight excluding hydrogens is 692 g/mol. The van der Waals surface area contributed by atoms with Crippen molar-refractivity contribution in [3.05, 3.63) is 177 Å². The lowest BCUT2D eigenvalue weighted by molar-refractivity contribution is -0.206. The van der Waals surface area contributed by atoms with Gasteiger partial charge in [-0.15, -0.1) is 0 Å². The summed E-state index contributed by atoms with van der Waals surface area (Å²) in [6.07, 6.45) is -5.01. The summed E-state index contributed by atoms with van der Waals surface area (Å²) >= 11 is 3.52. The number of halogens is 1. The first-order valence-corrected chi connectivity index (χ1v) is 17.9. The van der Waals surface area contributed by atoms with Gasteiger partial charge in [0, 0.05) is 10.4 Å². The van der Waals surface area contributed by atoms with Gasteiger partial charge in [0.1, 0.15) is 24.4 Å². The summed E-state index contributed by atoms with van der Waals surface area (Å²) in [7, 11) is 0. The zero-order valence-electron chi connectivity index (χ0n) is 28.7. The molecule has 50 heavy (non-hydrogen) atoms. The molecule has 0 heterocycles. The molecule has 2 N–H and O–H groups in total. The standard InChI is InChI=1S/C43H47BrO6/c1-31-25-37(44)23-24-38(31)39(45)40(46)42(49-29-35-19-11-5-12-20-35)43(50-30-36-21-13-6-14-22-36)41(48-28-34-17-9-4-10-18-34)32(2)26-47-27-33-15-7-3-8-16-33/h3-25,32,39-43,45-46H,26-30H2,1-2H3/t32?,39-,40?,41?,42?,43?/m0/s1. The van der Waals surface area contributed by atoms with Crippen LogP contribution in [-0.4, -0.2) is 41.2 Å². The minimum absolute atomic E-state index is 0.190. The molecule has 262 valence electrons. The van der Waals surface area contributed by atoms with Gasteiger partial charge in [-0.3, -0.25) is 0 Å². The maximum atomic E-state index is 12.2. The molecule has 6 atom stereocenters. The normalized spacial score (nSPS) is 15.1. The molecule has 7 heteroatoms. The molecule has 6 nitrogen and oxygen atoms in total. The quantitative estimate of drug-likeness (QED) is 0.0883. The Morgan fingerprint density at radius 2 is 0.960 bits per heavy atom.